The van der Waals surface area contributed by atoms with Crippen LogP contribution < -0.4 is 4.90 Å². The quantitative estimate of drug-likeness (QED) is 0.178. The van der Waals surface area contributed by atoms with Crippen LogP contribution in [0.1, 0.15) is 0 Å². The van der Waals surface area contributed by atoms with Crippen LogP contribution in [0.3, 0.4) is 0 Å². The van der Waals surface area contributed by atoms with Crippen molar-refractivity contribution in [3.63, 3.8) is 0 Å². The molecule has 0 aliphatic rings. The lowest BCUT2D eigenvalue weighted by atomic mass is 9.99. The van der Waals surface area contributed by atoms with Crippen LogP contribution in [-0.4, -0.2) is 0 Å². The van der Waals surface area contributed by atoms with E-state index < -0.39 is 0 Å². The molecule has 2 nitrogen and oxygen atoms in total. The van der Waals surface area contributed by atoms with E-state index in [9.17, 15) is 0 Å². The molecule has 0 saturated heterocycles. The molecule has 0 aliphatic heterocycles. The van der Waals surface area contributed by atoms with Crippen LogP contribution >= 0.6 is 11.3 Å². The summed E-state index contributed by atoms with van der Waals surface area (Å²) < 4.78 is 9.60. The van der Waals surface area contributed by atoms with Gasteiger partial charge in [-0.1, -0.05) is 152 Å². The van der Waals surface area contributed by atoms with Crippen molar-refractivity contribution in [2.75, 3.05) is 4.90 Å². The molecule has 3 heteroatoms. The second-order valence-electron chi connectivity index (χ2n) is 13.7. The van der Waals surface area contributed by atoms with Crippen molar-refractivity contribution in [3.05, 3.63) is 188 Å². The highest BCUT2D eigenvalue weighted by Gasteiger charge is 2.24. The van der Waals surface area contributed by atoms with Crippen LogP contribution in [0.2, 0.25) is 0 Å². The largest absolute Gasteiger partial charge is 0.453 e. The molecule has 0 N–H and O–H groups in total. The molecule has 0 saturated carbocycles. The van der Waals surface area contributed by atoms with Gasteiger partial charge < -0.3 is 9.32 Å². The van der Waals surface area contributed by atoms with E-state index in [1.165, 1.54) is 52.8 Å². The van der Waals surface area contributed by atoms with Gasteiger partial charge in [0.1, 0.15) is 5.58 Å². The smallest absolute Gasteiger partial charge is 0.159 e. The Morgan fingerprint density at radius 1 is 0.377 bits per heavy atom. The first-order valence-electron chi connectivity index (χ1n) is 18.0. The summed E-state index contributed by atoms with van der Waals surface area (Å²) in [7, 11) is 0. The van der Waals surface area contributed by atoms with Crippen LogP contribution in [0.15, 0.2) is 192 Å². The highest BCUT2D eigenvalue weighted by Crippen LogP contribution is 2.49. The van der Waals surface area contributed by atoms with Crippen molar-refractivity contribution in [1.82, 2.24) is 0 Å². The molecule has 0 amide bonds. The second-order valence-corrected chi connectivity index (χ2v) is 14.7. The summed E-state index contributed by atoms with van der Waals surface area (Å²) in [6.45, 7) is 0. The van der Waals surface area contributed by atoms with Gasteiger partial charge in [0.25, 0.3) is 0 Å². The van der Waals surface area contributed by atoms with E-state index >= 15 is 0 Å². The molecule has 0 spiro atoms. The van der Waals surface area contributed by atoms with Crippen LogP contribution in [0.5, 0.6) is 0 Å². The van der Waals surface area contributed by atoms with E-state index in [0.29, 0.717) is 0 Å². The minimum Gasteiger partial charge on any atom is -0.453 e. The number of rotatable bonds is 5. The molecule has 53 heavy (non-hydrogen) atoms. The van der Waals surface area contributed by atoms with Gasteiger partial charge in [0.2, 0.25) is 0 Å². The predicted molar refractivity (Wildman–Crippen MR) is 227 cm³/mol. The summed E-state index contributed by atoms with van der Waals surface area (Å²) in [5.41, 5.74) is 9.56. The standard InChI is InChI=1S/C50H31NOS/c1-3-13-32(14-4-1)33-25-27-37(28-26-33)51(44-24-12-23-42-41-22-11-21-38(49(41)52-50(42)44)34-15-5-2-6-16-34)45-31-47-48(40-20-10-9-19-39(40)45)43-29-35-17-7-8-18-36(35)30-46(43)53-47/h1-31H. The molecular formula is C50H31NOS. The summed E-state index contributed by atoms with van der Waals surface area (Å²) in [4.78, 5) is 2.41. The molecular weight excluding hydrogens is 663 g/mol. The summed E-state index contributed by atoms with van der Waals surface area (Å²) in [5, 5.41) is 9.79. The van der Waals surface area contributed by atoms with Gasteiger partial charge in [0, 0.05) is 47.6 Å². The number of hydrogen-bond donors (Lipinski definition) is 0. The zero-order chi connectivity index (χ0) is 34.9. The number of benzene rings is 9. The third kappa shape index (κ3) is 4.78. The molecule has 2 aromatic heterocycles. The molecule has 248 valence electrons. The highest BCUT2D eigenvalue weighted by atomic mass is 32.1. The minimum atomic E-state index is 0.866. The van der Waals surface area contributed by atoms with Gasteiger partial charge in [-0.3, -0.25) is 0 Å². The van der Waals surface area contributed by atoms with Crippen LogP contribution in [0.4, 0.5) is 17.1 Å². The number of hydrogen-bond acceptors (Lipinski definition) is 3. The summed E-state index contributed by atoms with van der Waals surface area (Å²) >= 11 is 1.87. The molecule has 11 rings (SSSR count). The topological polar surface area (TPSA) is 16.4 Å². The third-order valence-electron chi connectivity index (χ3n) is 10.6. The first-order chi connectivity index (χ1) is 26.3. The van der Waals surface area contributed by atoms with Crippen molar-refractivity contribution < 1.29 is 4.42 Å². The molecule has 0 radical (unpaired) electrons. The number of nitrogens with zero attached hydrogens (tertiary/aromatic N) is 1. The Morgan fingerprint density at radius 3 is 1.75 bits per heavy atom. The Labute approximate surface area is 310 Å². The Balaban J connectivity index is 1.20. The van der Waals surface area contributed by atoms with Crippen molar-refractivity contribution >= 4 is 92.1 Å². The molecule has 0 unspecified atom stereocenters. The Bertz CT molecular complexity index is 3160. The van der Waals surface area contributed by atoms with E-state index in [1.807, 2.05) is 11.3 Å². The Kier molecular flexibility index (Phi) is 6.76. The van der Waals surface area contributed by atoms with Gasteiger partial charge in [0.05, 0.1) is 11.4 Å². The molecule has 0 atom stereocenters. The van der Waals surface area contributed by atoms with Gasteiger partial charge in [-0.05, 0) is 69.2 Å². The maximum absolute atomic E-state index is 7.04. The molecule has 9 aromatic carbocycles. The minimum absolute atomic E-state index is 0.866. The van der Waals surface area contributed by atoms with Gasteiger partial charge >= 0.3 is 0 Å². The lowest BCUT2D eigenvalue weighted by Gasteiger charge is -2.27. The first kappa shape index (κ1) is 30.0. The predicted octanol–water partition coefficient (Wildman–Crippen LogP) is 15.1. The van der Waals surface area contributed by atoms with Crippen molar-refractivity contribution in [2.45, 2.75) is 0 Å². The molecule has 2 heterocycles. The fraction of sp³-hybridized carbons (Fsp3) is 0. The van der Waals surface area contributed by atoms with E-state index in [-0.39, 0.29) is 0 Å². The van der Waals surface area contributed by atoms with Gasteiger partial charge in [-0.25, -0.2) is 0 Å². The van der Waals surface area contributed by atoms with Crippen LogP contribution in [0.25, 0.3) is 85.9 Å². The highest BCUT2D eigenvalue weighted by molar-refractivity contribution is 7.26. The summed E-state index contributed by atoms with van der Waals surface area (Å²) in [6, 6.07) is 67.8. The fourth-order valence-corrected chi connectivity index (χ4v) is 9.35. The Hall–Kier alpha value is -6.68. The average Bonchev–Trinajstić information content (AvgIpc) is 3.79. The van der Waals surface area contributed by atoms with Gasteiger partial charge in [-0.15, -0.1) is 11.3 Å². The molecule has 11 aromatic rings. The zero-order valence-corrected chi connectivity index (χ0v) is 29.5. The molecule has 0 aliphatic carbocycles. The van der Waals surface area contributed by atoms with Gasteiger partial charge in [0.15, 0.2) is 5.58 Å². The monoisotopic (exact) mass is 693 g/mol. The van der Waals surface area contributed by atoms with E-state index in [4.69, 9.17) is 4.42 Å². The lowest BCUT2D eigenvalue weighted by molar-refractivity contribution is 0.670. The van der Waals surface area contributed by atoms with E-state index in [2.05, 4.69) is 193 Å². The zero-order valence-electron chi connectivity index (χ0n) is 28.7. The first-order valence-corrected chi connectivity index (χ1v) is 18.8. The summed E-state index contributed by atoms with van der Waals surface area (Å²) in [5.74, 6) is 0. The fourth-order valence-electron chi connectivity index (χ4n) is 8.16. The van der Waals surface area contributed by atoms with Crippen molar-refractivity contribution in [3.8, 4) is 22.3 Å². The van der Waals surface area contributed by atoms with Crippen LogP contribution in [-0.2, 0) is 0 Å². The normalized spacial score (nSPS) is 11.8. The summed E-state index contributed by atoms with van der Waals surface area (Å²) in [6.07, 6.45) is 0. The number of anilines is 3. The maximum atomic E-state index is 7.04. The van der Waals surface area contributed by atoms with Crippen LogP contribution in [0, 0.1) is 0 Å². The second kappa shape index (κ2) is 11.9. The van der Waals surface area contributed by atoms with Gasteiger partial charge in [-0.2, -0.15) is 0 Å². The number of thiophene rings is 1. The SMILES string of the molecule is c1ccc(-c2ccc(N(c3cc4sc5cc6ccccc6cc5c4c4ccccc34)c3cccc4c3oc3c(-c5ccccc5)cccc34)cc2)cc1. The maximum Gasteiger partial charge on any atom is 0.159 e. The number of para-hydroxylation sites is 2. The van der Waals surface area contributed by atoms with Crippen molar-refractivity contribution in [2.24, 2.45) is 0 Å². The van der Waals surface area contributed by atoms with E-state index in [1.54, 1.807) is 0 Å². The lowest BCUT2D eigenvalue weighted by Crippen LogP contribution is -2.11. The molecule has 0 fully saturated rings. The van der Waals surface area contributed by atoms with E-state index in [0.717, 1.165) is 50.1 Å². The number of fused-ring (bicyclic) bond motifs is 9. The third-order valence-corrected chi connectivity index (χ3v) is 11.7. The van der Waals surface area contributed by atoms with Crippen molar-refractivity contribution in [1.29, 1.82) is 0 Å². The average molecular weight is 694 g/mol. The molecule has 0 bridgehead atoms. The Morgan fingerprint density at radius 2 is 0.981 bits per heavy atom. The number of furan rings is 1.